The molecular formula is C18H27ClN2O2. The van der Waals surface area contributed by atoms with Crippen LogP contribution < -0.4 is 4.74 Å². The van der Waals surface area contributed by atoms with Crippen molar-refractivity contribution < 1.29 is 9.53 Å². The summed E-state index contributed by atoms with van der Waals surface area (Å²) in [6, 6.07) is 5.24. The Morgan fingerprint density at radius 2 is 2.17 bits per heavy atom. The molecule has 4 nitrogen and oxygen atoms in total. The van der Waals surface area contributed by atoms with Crippen LogP contribution in [-0.2, 0) is 0 Å². The quantitative estimate of drug-likeness (QED) is 0.823. The SMILES string of the molecule is CCOc1ccc(C(=O)N(C)C[C@@H]2CCN(C)C2(C)C)cc1Cl. The van der Waals surface area contributed by atoms with Crippen molar-refractivity contribution in [3.63, 3.8) is 0 Å². The molecule has 1 aromatic carbocycles. The Bertz CT molecular complexity index is 574. The van der Waals surface area contributed by atoms with Crippen molar-refractivity contribution in [2.45, 2.75) is 32.7 Å². The second-order valence-electron chi connectivity index (χ2n) is 6.82. The first kappa shape index (κ1) is 18.1. The van der Waals surface area contributed by atoms with Gasteiger partial charge in [-0.05, 0) is 64.9 Å². The highest BCUT2D eigenvalue weighted by Gasteiger charge is 2.39. The molecule has 1 heterocycles. The third kappa shape index (κ3) is 3.81. The Balaban J connectivity index is 2.07. The third-order valence-corrected chi connectivity index (χ3v) is 5.41. The normalized spacial score (nSPS) is 20.5. The molecule has 0 radical (unpaired) electrons. The van der Waals surface area contributed by atoms with Gasteiger partial charge in [-0.15, -0.1) is 0 Å². The number of hydrogen-bond acceptors (Lipinski definition) is 3. The summed E-state index contributed by atoms with van der Waals surface area (Å²) in [4.78, 5) is 16.8. The number of carbonyl (C=O) groups excluding carboxylic acids is 1. The van der Waals surface area contributed by atoms with Gasteiger partial charge in [-0.3, -0.25) is 4.79 Å². The number of amides is 1. The zero-order valence-electron chi connectivity index (χ0n) is 14.7. The van der Waals surface area contributed by atoms with E-state index < -0.39 is 0 Å². The molecular weight excluding hydrogens is 312 g/mol. The maximum absolute atomic E-state index is 12.7. The van der Waals surface area contributed by atoms with E-state index in [-0.39, 0.29) is 11.4 Å². The van der Waals surface area contributed by atoms with E-state index in [1.165, 1.54) is 0 Å². The van der Waals surface area contributed by atoms with Crippen LogP contribution >= 0.6 is 11.6 Å². The van der Waals surface area contributed by atoms with Crippen LogP contribution in [0.5, 0.6) is 5.75 Å². The van der Waals surface area contributed by atoms with Crippen LogP contribution in [0.1, 0.15) is 37.6 Å². The first-order valence-corrected chi connectivity index (χ1v) is 8.54. The number of ether oxygens (including phenoxy) is 1. The average Bonchev–Trinajstić information content (AvgIpc) is 2.75. The number of carbonyl (C=O) groups is 1. The number of likely N-dealkylation sites (tertiary alicyclic amines) is 1. The van der Waals surface area contributed by atoms with Crippen LogP contribution in [0.4, 0.5) is 0 Å². The van der Waals surface area contributed by atoms with Crippen molar-refractivity contribution >= 4 is 17.5 Å². The number of halogens is 1. The Kier molecular flexibility index (Phi) is 5.58. The lowest BCUT2D eigenvalue weighted by Gasteiger charge is -2.35. The Labute approximate surface area is 144 Å². The number of hydrogen-bond donors (Lipinski definition) is 0. The molecule has 0 N–H and O–H groups in total. The van der Waals surface area contributed by atoms with Gasteiger partial charge in [-0.2, -0.15) is 0 Å². The molecule has 0 aliphatic carbocycles. The summed E-state index contributed by atoms with van der Waals surface area (Å²) in [5.41, 5.74) is 0.718. The lowest BCUT2D eigenvalue weighted by Crippen LogP contribution is -2.44. The minimum absolute atomic E-state index is 0.000279. The second-order valence-corrected chi connectivity index (χ2v) is 7.23. The number of nitrogens with zero attached hydrogens (tertiary/aromatic N) is 2. The summed E-state index contributed by atoms with van der Waals surface area (Å²) >= 11 is 6.19. The first-order valence-electron chi connectivity index (χ1n) is 8.16. The van der Waals surface area contributed by atoms with Crippen molar-refractivity contribution in [2.24, 2.45) is 5.92 Å². The summed E-state index contributed by atoms with van der Waals surface area (Å²) in [6.07, 6.45) is 1.12. The van der Waals surface area contributed by atoms with E-state index >= 15 is 0 Å². The highest BCUT2D eigenvalue weighted by atomic mass is 35.5. The summed E-state index contributed by atoms with van der Waals surface area (Å²) in [6.45, 7) is 8.78. The van der Waals surface area contributed by atoms with Crippen LogP contribution in [-0.4, -0.2) is 55.0 Å². The predicted molar refractivity (Wildman–Crippen MR) is 94.4 cm³/mol. The largest absolute Gasteiger partial charge is 0.492 e. The lowest BCUT2D eigenvalue weighted by molar-refractivity contribution is 0.0729. The Hall–Kier alpha value is -1.26. The van der Waals surface area contributed by atoms with Crippen LogP contribution in [0.25, 0.3) is 0 Å². The van der Waals surface area contributed by atoms with Gasteiger partial charge >= 0.3 is 0 Å². The molecule has 1 atom stereocenters. The summed E-state index contributed by atoms with van der Waals surface area (Å²) in [7, 11) is 4.01. The van der Waals surface area contributed by atoms with Gasteiger partial charge in [0.05, 0.1) is 11.6 Å². The highest BCUT2D eigenvalue weighted by Crippen LogP contribution is 2.34. The summed E-state index contributed by atoms with van der Waals surface area (Å²) in [5, 5.41) is 0.479. The monoisotopic (exact) mass is 338 g/mol. The summed E-state index contributed by atoms with van der Waals surface area (Å²) in [5.74, 6) is 1.09. The molecule has 1 fully saturated rings. The molecule has 5 heteroatoms. The molecule has 0 spiro atoms. The van der Waals surface area contributed by atoms with Gasteiger partial charge in [-0.1, -0.05) is 11.6 Å². The molecule has 23 heavy (non-hydrogen) atoms. The van der Waals surface area contributed by atoms with Gasteiger partial charge in [0.25, 0.3) is 5.91 Å². The highest BCUT2D eigenvalue weighted by molar-refractivity contribution is 6.32. The molecule has 0 aromatic heterocycles. The fourth-order valence-corrected chi connectivity index (χ4v) is 3.39. The Morgan fingerprint density at radius 1 is 1.48 bits per heavy atom. The van der Waals surface area contributed by atoms with Gasteiger partial charge in [0.2, 0.25) is 0 Å². The average molecular weight is 339 g/mol. The zero-order valence-corrected chi connectivity index (χ0v) is 15.5. The second kappa shape index (κ2) is 7.10. The Morgan fingerprint density at radius 3 is 2.70 bits per heavy atom. The van der Waals surface area contributed by atoms with Crippen LogP contribution in [0, 0.1) is 5.92 Å². The minimum Gasteiger partial charge on any atom is -0.492 e. The van der Waals surface area contributed by atoms with Crippen LogP contribution in [0.2, 0.25) is 5.02 Å². The van der Waals surface area contributed by atoms with E-state index in [1.54, 1.807) is 23.1 Å². The fourth-order valence-electron chi connectivity index (χ4n) is 3.16. The molecule has 1 aliphatic rings. The van der Waals surface area contributed by atoms with Gasteiger partial charge < -0.3 is 14.5 Å². The molecule has 1 saturated heterocycles. The van der Waals surface area contributed by atoms with E-state index in [0.717, 1.165) is 19.5 Å². The standard InChI is InChI=1S/C18H27ClN2O2/c1-6-23-16-8-7-13(11-15(16)19)17(22)20(4)12-14-9-10-21(5)18(14,2)3/h7-8,11,14H,6,9-10,12H2,1-5H3/t14-/m0/s1. The van der Waals surface area contributed by atoms with Gasteiger partial charge in [0.1, 0.15) is 5.75 Å². The van der Waals surface area contributed by atoms with E-state index in [9.17, 15) is 4.79 Å². The van der Waals surface area contributed by atoms with Crippen LogP contribution in [0.3, 0.4) is 0 Å². The topological polar surface area (TPSA) is 32.8 Å². The smallest absolute Gasteiger partial charge is 0.253 e. The molecule has 0 bridgehead atoms. The van der Waals surface area contributed by atoms with Crippen molar-refractivity contribution in [1.82, 2.24) is 9.80 Å². The van der Waals surface area contributed by atoms with Crippen molar-refractivity contribution in [3.05, 3.63) is 28.8 Å². The molecule has 0 unspecified atom stereocenters. The summed E-state index contributed by atoms with van der Waals surface area (Å²) < 4.78 is 5.42. The third-order valence-electron chi connectivity index (χ3n) is 5.12. The first-order chi connectivity index (χ1) is 10.8. The van der Waals surface area contributed by atoms with Crippen molar-refractivity contribution in [1.29, 1.82) is 0 Å². The fraction of sp³-hybridized carbons (Fsp3) is 0.611. The van der Waals surface area contributed by atoms with Gasteiger partial charge in [0, 0.05) is 24.7 Å². The number of benzene rings is 1. The molecule has 2 rings (SSSR count). The lowest BCUT2D eigenvalue weighted by atomic mass is 9.88. The molecule has 0 saturated carbocycles. The molecule has 1 aromatic rings. The van der Waals surface area contributed by atoms with E-state index in [0.29, 0.717) is 28.9 Å². The number of rotatable bonds is 5. The molecule has 1 amide bonds. The maximum atomic E-state index is 12.7. The van der Waals surface area contributed by atoms with Gasteiger partial charge in [0.15, 0.2) is 0 Å². The van der Waals surface area contributed by atoms with E-state index in [4.69, 9.17) is 16.3 Å². The molecule has 128 valence electrons. The molecule has 1 aliphatic heterocycles. The van der Waals surface area contributed by atoms with Crippen molar-refractivity contribution in [2.75, 3.05) is 33.8 Å². The zero-order chi connectivity index (χ0) is 17.2. The van der Waals surface area contributed by atoms with Gasteiger partial charge in [-0.25, -0.2) is 0 Å². The van der Waals surface area contributed by atoms with E-state index in [2.05, 4.69) is 25.8 Å². The van der Waals surface area contributed by atoms with Crippen LogP contribution in [0.15, 0.2) is 18.2 Å². The minimum atomic E-state index is 0.000279. The van der Waals surface area contributed by atoms with Crippen molar-refractivity contribution in [3.8, 4) is 5.75 Å². The maximum Gasteiger partial charge on any atom is 0.253 e. The van der Waals surface area contributed by atoms with E-state index in [1.807, 2.05) is 14.0 Å². The predicted octanol–water partition coefficient (Wildman–Crippen LogP) is 3.54.